The molecule has 146 valence electrons. The molecule has 1 aromatic heterocycles. The number of rotatable bonds is 0. The van der Waals surface area contributed by atoms with Gasteiger partial charge in [0.05, 0.1) is 23.2 Å². The summed E-state index contributed by atoms with van der Waals surface area (Å²) in [6, 6.07) is 10.6. The molecule has 27 heavy (non-hydrogen) atoms. The zero-order valence-electron chi connectivity index (χ0n) is 15.6. The maximum Gasteiger partial charge on any atom is 0.261 e. The largest absolute Gasteiger partial charge is 0.353 e. The number of amidine groups is 1. The third-order valence-electron chi connectivity index (χ3n) is 4.28. The van der Waals surface area contributed by atoms with E-state index in [0.717, 1.165) is 43.4 Å². The summed E-state index contributed by atoms with van der Waals surface area (Å²) < 4.78 is 25.9. The van der Waals surface area contributed by atoms with Crippen molar-refractivity contribution < 1.29 is 13.0 Å². The number of aliphatic imine (C=N–C) groups is 1. The number of hydrogen-bond acceptors (Lipinski definition) is 7. The maximum absolute atomic E-state index is 9.19. The summed E-state index contributed by atoms with van der Waals surface area (Å²) in [6.45, 7) is 6.41. The summed E-state index contributed by atoms with van der Waals surface area (Å²) in [5.41, 5.74) is 3.36. The fourth-order valence-electron chi connectivity index (χ4n) is 3.01. The number of anilines is 2. The summed E-state index contributed by atoms with van der Waals surface area (Å²) in [5.74, 6) is 1.12. The lowest BCUT2D eigenvalue weighted by Gasteiger charge is -2.34. The first-order valence-corrected chi connectivity index (χ1v) is 11.3. The normalized spacial score (nSPS) is 16.9. The van der Waals surface area contributed by atoms with Crippen molar-refractivity contribution in [3.63, 3.8) is 0 Å². The minimum Gasteiger partial charge on any atom is -0.353 e. The molecule has 1 aromatic carbocycles. The molecule has 0 aliphatic carbocycles. The van der Waals surface area contributed by atoms with Crippen LogP contribution in [-0.4, -0.2) is 68.1 Å². The molecular weight excluding hydrogens is 384 g/mol. The van der Waals surface area contributed by atoms with E-state index >= 15 is 0 Å². The van der Waals surface area contributed by atoms with Crippen molar-refractivity contribution in [1.82, 2.24) is 9.80 Å². The van der Waals surface area contributed by atoms with Crippen LogP contribution in [-0.2, 0) is 10.1 Å². The Morgan fingerprint density at radius 3 is 2.48 bits per heavy atom. The summed E-state index contributed by atoms with van der Waals surface area (Å²) in [7, 11) is -1.48. The molecular formula is C18H24N4O3S2. The smallest absolute Gasteiger partial charge is 0.261 e. The van der Waals surface area contributed by atoms with Crippen LogP contribution < -0.4 is 5.32 Å². The number of piperazine rings is 1. The maximum atomic E-state index is 9.19. The first kappa shape index (κ1) is 19.8. The van der Waals surface area contributed by atoms with Crippen molar-refractivity contribution in [2.24, 2.45) is 4.99 Å². The number of aryl methyl sites for hydroxylation is 1. The van der Waals surface area contributed by atoms with Gasteiger partial charge < -0.3 is 15.1 Å². The number of hydrogen-bond donors (Lipinski definition) is 2. The Labute approximate surface area is 164 Å². The second-order valence-electron chi connectivity index (χ2n) is 6.70. The minimum absolute atomic E-state index is 0.715. The number of benzene rings is 1. The monoisotopic (exact) mass is 408 g/mol. The number of fused-ring (bicyclic) bond motifs is 2. The van der Waals surface area contributed by atoms with Gasteiger partial charge in [-0.05, 0) is 32.2 Å². The first-order valence-electron chi connectivity index (χ1n) is 8.62. The van der Waals surface area contributed by atoms with Crippen LogP contribution in [0.4, 0.5) is 16.4 Å². The SMILES string of the molecule is CS(=O)(=O)O.Cc1cc2c(s1)Nc1ccccc1N=C2N1CCN(C)CC1. The zero-order chi connectivity index (χ0) is 19.6. The standard InChI is InChI=1S/C17H20N4S.CH4O3S/c1-12-11-13-16(21-9-7-20(2)8-10-21)18-14-5-3-4-6-15(14)19-17(13)22-12;1-5(2,3)4/h3-6,11,19H,7-10H2,1-2H3;1H3,(H,2,3,4). The lowest BCUT2D eigenvalue weighted by Crippen LogP contribution is -2.47. The molecule has 0 spiro atoms. The van der Waals surface area contributed by atoms with E-state index in [4.69, 9.17) is 9.55 Å². The fraction of sp³-hybridized carbons (Fsp3) is 0.389. The van der Waals surface area contributed by atoms with Gasteiger partial charge in [-0.25, -0.2) is 4.99 Å². The second kappa shape index (κ2) is 7.97. The van der Waals surface area contributed by atoms with Crippen molar-refractivity contribution in [2.45, 2.75) is 6.92 Å². The summed E-state index contributed by atoms with van der Waals surface area (Å²) in [5, 5.41) is 4.78. The third-order valence-corrected chi connectivity index (χ3v) is 5.24. The van der Waals surface area contributed by atoms with Crippen LogP contribution in [0.2, 0.25) is 0 Å². The van der Waals surface area contributed by atoms with Gasteiger partial charge in [0.25, 0.3) is 10.1 Å². The zero-order valence-corrected chi connectivity index (χ0v) is 17.3. The Bertz CT molecular complexity index is 937. The van der Waals surface area contributed by atoms with Crippen LogP contribution >= 0.6 is 11.3 Å². The van der Waals surface area contributed by atoms with Gasteiger partial charge in [0.2, 0.25) is 0 Å². The van der Waals surface area contributed by atoms with E-state index in [2.05, 4.69) is 59.4 Å². The molecule has 4 rings (SSSR count). The lowest BCUT2D eigenvalue weighted by atomic mass is 10.2. The van der Waals surface area contributed by atoms with E-state index in [9.17, 15) is 8.42 Å². The summed E-state index contributed by atoms with van der Waals surface area (Å²) in [6.07, 6.45) is 0.715. The van der Waals surface area contributed by atoms with Gasteiger partial charge in [-0.3, -0.25) is 4.55 Å². The molecule has 1 saturated heterocycles. The van der Waals surface area contributed by atoms with Crippen molar-refractivity contribution >= 4 is 43.7 Å². The lowest BCUT2D eigenvalue weighted by molar-refractivity contribution is 0.216. The summed E-state index contributed by atoms with van der Waals surface area (Å²) in [4.78, 5) is 11.1. The van der Waals surface area contributed by atoms with E-state index in [1.54, 1.807) is 11.3 Å². The Hall–Kier alpha value is -1.94. The van der Waals surface area contributed by atoms with Crippen LogP contribution in [0.5, 0.6) is 0 Å². The van der Waals surface area contributed by atoms with Gasteiger partial charge >= 0.3 is 0 Å². The second-order valence-corrected chi connectivity index (χ2v) is 9.42. The van der Waals surface area contributed by atoms with Gasteiger partial charge in [0, 0.05) is 31.1 Å². The van der Waals surface area contributed by atoms with Gasteiger partial charge in [-0.15, -0.1) is 11.3 Å². The summed E-state index contributed by atoms with van der Waals surface area (Å²) >= 11 is 1.81. The molecule has 0 radical (unpaired) electrons. The van der Waals surface area contributed by atoms with E-state index in [1.165, 1.54) is 15.4 Å². The van der Waals surface area contributed by atoms with E-state index in [1.807, 2.05) is 0 Å². The molecule has 2 aliphatic heterocycles. The first-order chi connectivity index (χ1) is 12.7. The molecule has 0 bridgehead atoms. The van der Waals surface area contributed by atoms with Crippen LogP contribution in [0.15, 0.2) is 35.3 Å². The molecule has 9 heteroatoms. The van der Waals surface area contributed by atoms with E-state index in [0.29, 0.717) is 6.26 Å². The predicted molar refractivity (Wildman–Crippen MR) is 112 cm³/mol. The molecule has 0 amide bonds. The highest BCUT2D eigenvalue weighted by Crippen LogP contribution is 2.39. The van der Waals surface area contributed by atoms with Crippen LogP contribution in [0.3, 0.4) is 0 Å². The quantitative estimate of drug-likeness (QED) is 0.652. The van der Waals surface area contributed by atoms with Crippen molar-refractivity contribution in [2.75, 3.05) is 44.8 Å². The highest BCUT2D eigenvalue weighted by Gasteiger charge is 2.25. The number of nitrogens with one attached hydrogen (secondary N) is 1. The highest BCUT2D eigenvalue weighted by molar-refractivity contribution is 7.85. The Morgan fingerprint density at radius 1 is 1.19 bits per heavy atom. The van der Waals surface area contributed by atoms with Crippen LogP contribution in [0, 0.1) is 6.92 Å². The average Bonchev–Trinajstić information content (AvgIpc) is 2.86. The number of thiophene rings is 1. The van der Waals surface area contributed by atoms with Crippen molar-refractivity contribution in [1.29, 1.82) is 0 Å². The minimum atomic E-state index is -3.67. The molecule has 3 heterocycles. The molecule has 0 saturated carbocycles. The van der Waals surface area contributed by atoms with Crippen molar-refractivity contribution in [3.05, 3.63) is 40.8 Å². The topological polar surface area (TPSA) is 85.2 Å². The average molecular weight is 409 g/mol. The molecule has 1 fully saturated rings. The molecule has 7 nitrogen and oxygen atoms in total. The highest BCUT2D eigenvalue weighted by atomic mass is 32.2. The Morgan fingerprint density at radius 2 is 1.81 bits per heavy atom. The number of nitrogens with zero attached hydrogens (tertiary/aromatic N) is 3. The third kappa shape index (κ3) is 5.29. The van der Waals surface area contributed by atoms with Crippen LogP contribution in [0.1, 0.15) is 10.4 Å². The van der Waals surface area contributed by atoms with E-state index < -0.39 is 10.1 Å². The fourth-order valence-corrected chi connectivity index (χ4v) is 3.93. The van der Waals surface area contributed by atoms with E-state index in [-0.39, 0.29) is 0 Å². The molecule has 2 aromatic rings. The Kier molecular flexibility index (Phi) is 5.85. The van der Waals surface area contributed by atoms with Crippen LogP contribution in [0.25, 0.3) is 0 Å². The van der Waals surface area contributed by atoms with Gasteiger partial charge in [-0.1, -0.05) is 12.1 Å². The Balaban J connectivity index is 0.000000376. The molecule has 2 N–H and O–H groups in total. The number of para-hydroxylation sites is 2. The number of likely N-dealkylation sites (N-methyl/N-ethyl adjacent to an activating group) is 1. The van der Waals surface area contributed by atoms with Gasteiger partial charge in [-0.2, -0.15) is 8.42 Å². The predicted octanol–water partition coefficient (Wildman–Crippen LogP) is 2.94. The van der Waals surface area contributed by atoms with Gasteiger partial charge in [0.1, 0.15) is 10.8 Å². The molecule has 2 aliphatic rings. The molecule has 0 unspecified atom stereocenters. The molecule has 0 atom stereocenters. The van der Waals surface area contributed by atoms with Crippen molar-refractivity contribution in [3.8, 4) is 0 Å². The van der Waals surface area contributed by atoms with Gasteiger partial charge in [0.15, 0.2) is 0 Å².